The number of aryl methyl sites for hydroxylation is 2. The minimum absolute atomic E-state index is 0.0305. The maximum atomic E-state index is 11.1. The molecule has 2 heterocycles. The molecule has 0 aliphatic heterocycles. The molecule has 0 amide bonds. The molecular weight excluding hydrogens is 278 g/mol. The summed E-state index contributed by atoms with van der Waals surface area (Å²) in [5, 5.41) is 21.1. The molecule has 1 aliphatic carbocycles. The van der Waals surface area contributed by atoms with Crippen molar-refractivity contribution in [3.8, 4) is 0 Å². The number of hydrogen-bond acceptors (Lipinski definition) is 6. The highest BCUT2D eigenvalue weighted by Gasteiger charge is 2.32. The highest BCUT2D eigenvalue weighted by Crippen LogP contribution is 2.39. The van der Waals surface area contributed by atoms with Crippen LogP contribution in [0.4, 0.5) is 5.13 Å². The molecule has 7 nitrogen and oxygen atoms in total. The monoisotopic (exact) mass is 293 g/mol. The van der Waals surface area contributed by atoms with E-state index in [1.54, 1.807) is 6.33 Å². The lowest BCUT2D eigenvalue weighted by molar-refractivity contribution is -0.138. The van der Waals surface area contributed by atoms with Gasteiger partial charge in [0.25, 0.3) is 0 Å². The van der Waals surface area contributed by atoms with E-state index in [4.69, 9.17) is 5.11 Å². The zero-order valence-electron chi connectivity index (χ0n) is 11.2. The largest absolute Gasteiger partial charge is 0.481 e. The van der Waals surface area contributed by atoms with Crippen LogP contribution >= 0.6 is 11.3 Å². The topological polar surface area (TPSA) is 92.9 Å². The Bertz CT molecular complexity index is 650. The molecule has 0 saturated heterocycles. The molecule has 2 aromatic rings. The van der Waals surface area contributed by atoms with Crippen LogP contribution in [0.25, 0.3) is 0 Å². The molecule has 8 heteroatoms. The Kier molecular flexibility index (Phi) is 3.17. The number of hydrogen-bond donors (Lipinski definition) is 2. The van der Waals surface area contributed by atoms with E-state index in [2.05, 4.69) is 20.5 Å². The molecule has 0 fully saturated rings. The Hall–Kier alpha value is -1.96. The smallest absolute Gasteiger partial charge is 0.312 e. The lowest BCUT2D eigenvalue weighted by Gasteiger charge is -2.11. The first kappa shape index (κ1) is 13.0. The molecule has 2 aromatic heterocycles. The molecule has 0 spiro atoms. The quantitative estimate of drug-likeness (QED) is 0.888. The molecule has 0 bridgehead atoms. The van der Waals surface area contributed by atoms with Crippen LogP contribution in [0.15, 0.2) is 6.33 Å². The average molecular weight is 293 g/mol. The van der Waals surface area contributed by atoms with Crippen LogP contribution in [0.3, 0.4) is 0 Å². The number of carboxylic acids is 1. The Morgan fingerprint density at radius 2 is 2.45 bits per heavy atom. The number of rotatable bonds is 4. The minimum atomic E-state index is -0.790. The van der Waals surface area contributed by atoms with Crippen molar-refractivity contribution >= 4 is 22.4 Å². The molecule has 2 unspecified atom stereocenters. The summed E-state index contributed by atoms with van der Waals surface area (Å²) in [6.07, 6.45) is 3.10. The van der Waals surface area contributed by atoms with Gasteiger partial charge in [0.1, 0.15) is 12.2 Å². The molecule has 1 aliphatic rings. The standard InChI is InChI=1S/C12H15N5O2S/c1-6(10-16-13-5-17(10)2)14-12-15-9-7(11(18)19)3-4-8(9)20-12/h5-7H,3-4H2,1-2H3,(H,14,15)(H,18,19). The maximum Gasteiger partial charge on any atom is 0.312 e. The van der Waals surface area contributed by atoms with Crippen LogP contribution < -0.4 is 5.32 Å². The highest BCUT2D eigenvalue weighted by molar-refractivity contribution is 7.15. The Morgan fingerprint density at radius 3 is 3.10 bits per heavy atom. The predicted molar refractivity (Wildman–Crippen MR) is 73.9 cm³/mol. The van der Waals surface area contributed by atoms with Crippen LogP contribution in [0.5, 0.6) is 0 Å². The summed E-state index contributed by atoms with van der Waals surface area (Å²) < 4.78 is 1.85. The summed E-state index contributed by atoms with van der Waals surface area (Å²) in [6, 6.07) is -0.0305. The van der Waals surface area contributed by atoms with Gasteiger partial charge in [0.05, 0.1) is 11.7 Å². The van der Waals surface area contributed by atoms with Crippen LogP contribution in [0, 0.1) is 0 Å². The number of carboxylic acid groups (broad SMARTS) is 1. The molecular formula is C12H15N5O2S. The Balaban J connectivity index is 1.79. The van der Waals surface area contributed by atoms with E-state index in [0.29, 0.717) is 6.42 Å². The molecule has 0 aromatic carbocycles. The van der Waals surface area contributed by atoms with Gasteiger partial charge in [-0.05, 0) is 19.8 Å². The van der Waals surface area contributed by atoms with Gasteiger partial charge in [-0.1, -0.05) is 0 Å². The number of aromatic nitrogens is 4. The summed E-state index contributed by atoms with van der Waals surface area (Å²) >= 11 is 1.53. The molecule has 2 atom stereocenters. The van der Waals surface area contributed by atoms with E-state index in [1.807, 2.05) is 18.5 Å². The van der Waals surface area contributed by atoms with Gasteiger partial charge in [0.15, 0.2) is 11.0 Å². The summed E-state index contributed by atoms with van der Waals surface area (Å²) in [6.45, 7) is 1.98. The Labute approximate surface area is 119 Å². The zero-order chi connectivity index (χ0) is 14.3. The van der Waals surface area contributed by atoms with Crippen molar-refractivity contribution in [2.45, 2.75) is 31.7 Å². The Morgan fingerprint density at radius 1 is 1.65 bits per heavy atom. The van der Waals surface area contributed by atoms with E-state index >= 15 is 0 Å². The number of fused-ring (bicyclic) bond motifs is 1. The van der Waals surface area contributed by atoms with Gasteiger partial charge in [0.2, 0.25) is 0 Å². The number of carbonyl (C=O) groups is 1. The maximum absolute atomic E-state index is 11.1. The van der Waals surface area contributed by atoms with Gasteiger partial charge in [-0.2, -0.15) is 0 Å². The average Bonchev–Trinajstić information content (AvgIpc) is 3.03. The van der Waals surface area contributed by atoms with E-state index in [-0.39, 0.29) is 6.04 Å². The summed E-state index contributed by atoms with van der Waals surface area (Å²) in [5.41, 5.74) is 0.718. The zero-order valence-corrected chi connectivity index (χ0v) is 12.0. The van der Waals surface area contributed by atoms with E-state index in [9.17, 15) is 4.79 Å². The highest BCUT2D eigenvalue weighted by atomic mass is 32.1. The third-order valence-electron chi connectivity index (χ3n) is 3.49. The van der Waals surface area contributed by atoms with Crippen LogP contribution in [-0.4, -0.2) is 30.8 Å². The third kappa shape index (κ3) is 2.15. The first-order valence-corrected chi connectivity index (χ1v) is 7.20. The van der Waals surface area contributed by atoms with Crippen molar-refractivity contribution in [2.24, 2.45) is 7.05 Å². The van der Waals surface area contributed by atoms with Crippen LogP contribution in [0.2, 0.25) is 0 Å². The van der Waals surface area contributed by atoms with E-state index < -0.39 is 11.9 Å². The number of aliphatic carboxylic acids is 1. The van der Waals surface area contributed by atoms with Gasteiger partial charge in [-0.25, -0.2) is 4.98 Å². The van der Waals surface area contributed by atoms with Crippen molar-refractivity contribution in [3.63, 3.8) is 0 Å². The second kappa shape index (κ2) is 4.86. The van der Waals surface area contributed by atoms with E-state index in [0.717, 1.165) is 27.9 Å². The number of anilines is 1. The fourth-order valence-corrected chi connectivity index (χ4v) is 3.59. The van der Waals surface area contributed by atoms with Crippen LogP contribution in [0.1, 0.15) is 41.7 Å². The van der Waals surface area contributed by atoms with Crippen molar-refractivity contribution in [1.82, 2.24) is 19.7 Å². The SMILES string of the molecule is CC(Nc1nc2c(s1)CCC2C(=O)O)c1nncn1C. The van der Waals surface area contributed by atoms with Gasteiger partial charge in [0, 0.05) is 11.9 Å². The molecule has 2 N–H and O–H groups in total. The van der Waals surface area contributed by atoms with Crippen molar-refractivity contribution in [1.29, 1.82) is 0 Å². The van der Waals surface area contributed by atoms with Gasteiger partial charge >= 0.3 is 5.97 Å². The van der Waals surface area contributed by atoms with Crippen LogP contribution in [-0.2, 0) is 18.3 Å². The lowest BCUT2D eigenvalue weighted by atomic mass is 10.1. The first-order chi connectivity index (χ1) is 9.56. The van der Waals surface area contributed by atoms with Gasteiger partial charge in [-0.3, -0.25) is 4.79 Å². The fraction of sp³-hybridized carbons (Fsp3) is 0.500. The summed E-state index contributed by atoms with van der Waals surface area (Å²) in [5.74, 6) is -0.431. The third-order valence-corrected chi connectivity index (χ3v) is 4.55. The fourth-order valence-electron chi connectivity index (χ4n) is 2.46. The summed E-state index contributed by atoms with van der Waals surface area (Å²) in [7, 11) is 1.88. The van der Waals surface area contributed by atoms with Gasteiger partial charge in [-0.15, -0.1) is 21.5 Å². The lowest BCUT2D eigenvalue weighted by Crippen LogP contribution is -2.12. The molecule has 20 heavy (non-hydrogen) atoms. The predicted octanol–water partition coefficient (Wildman–Crippen LogP) is 1.56. The van der Waals surface area contributed by atoms with Crippen molar-refractivity contribution in [2.75, 3.05) is 5.32 Å². The van der Waals surface area contributed by atoms with Crippen molar-refractivity contribution in [3.05, 3.63) is 22.7 Å². The molecule has 106 valence electrons. The van der Waals surface area contributed by atoms with Crippen molar-refractivity contribution < 1.29 is 9.90 Å². The normalized spacial score (nSPS) is 18.8. The number of nitrogens with zero attached hydrogens (tertiary/aromatic N) is 4. The first-order valence-electron chi connectivity index (χ1n) is 6.39. The second-order valence-corrected chi connectivity index (χ2v) is 6.01. The summed E-state index contributed by atoms with van der Waals surface area (Å²) in [4.78, 5) is 16.7. The molecule has 3 rings (SSSR count). The minimum Gasteiger partial charge on any atom is -0.481 e. The molecule has 0 radical (unpaired) electrons. The number of thiazole rings is 1. The number of nitrogens with one attached hydrogen (secondary N) is 1. The van der Waals surface area contributed by atoms with Gasteiger partial charge < -0.3 is 15.0 Å². The molecule has 0 saturated carbocycles. The van der Waals surface area contributed by atoms with E-state index in [1.165, 1.54) is 11.3 Å². The second-order valence-electron chi connectivity index (χ2n) is 4.92.